The standard InChI is InChI=1S/C17H22N2O4/c1-23-17(22)14-8-11-19(12-9-14)15(20)7-10-18-16(21)13-5-3-2-4-6-13/h2-6,14H,7-12H2,1H3,(H,18,21). The van der Waals surface area contributed by atoms with Crippen LogP contribution in [0, 0.1) is 5.92 Å². The highest BCUT2D eigenvalue weighted by Crippen LogP contribution is 2.18. The SMILES string of the molecule is COC(=O)C1CCN(C(=O)CCNC(=O)c2ccccc2)CC1. The number of esters is 1. The minimum Gasteiger partial charge on any atom is -0.469 e. The number of ether oxygens (including phenoxy) is 1. The first kappa shape index (κ1) is 17.0. The Kier molecular flexibility index (Phi) is 6.14. The Balaban J connectivity index is 1.70. The first-order valence-corrected chi connectivity index (χ1v) is 7.80. The largest absolute Gasteiger partial charge is 0.469 e. The lowest BCUT2D eigenvalue weighted by molar-refractivity contribution is -0.148. The number of benzene rings is 1. The molecule has 1 saturated heterocycles. The average molecular weight is 318 g/mol. The van der Waals surface area contributed by atoms with E-state index in [9.17, 15) is 14.4 Å². The van der Waals surface area contributed by atoms with Gasteiger partial charge in [0.1, 0.15) is 0 Å². The molecule has 0 spiro atoms. The Labute approximate surface area is 135 Å². The van der Waals surface area contributed by atoms with Gasteiger partial charge in [-0.3, -0.25) is 14.4 Å². The molecule has 6 heteroatoms. The molecule has 2 amide bonds. The second kappa shape index (κ2) is 8.31. The average Bonchev–Trinajstić information content (AvgIpc) is 2.61. The van der Waals surface area contributed by atoms with Crippen molar-refractivity contribution in [3.8, 4) is 0 Å². The lowest BCUT2D eigenvalue weighted by atomic mass is 9.97. The van der Waals surface area contributed by atoms with Crippen molar-refractivity contribution < 1.29 is 19.1 Å². The molecule has 2 rings (SSSR count). The van der Waals surface area contributed by atoms with Gasteiger partial charge < -0.3 is 15.0 Å². The van der Waals surface area contributed by atoms with Gasteiger partial charge in [-0.15, -0.1) is 0 Å². The highest BCUT2D eigenvalue weighted by molar-refractivity contribution is 5.94. The summed E-state index contributed by atoms with van der Waals surface area (Å²) in [5.74, 6) is -0.487. The normalized spacial score (nSPS) is 15.1. The molecule has 0 atom stereocenters. The van der Waals surface area contributed by atoms with Crippen LogP contribution < -0.4 is 5.32 Å². The van der Waals surface area contributed by atoms with E-state index in [1.165, 1.54) is 7.11 Å². The summed E-state index contributed by atoms with van der Waals surface area (Å²) in [4.78, 5) is 37.2. The fourth-order valence-electron chi connectivity index (χ4n) is 2.66. The third kappa shape index (κ3) is 4.81. The zero-order chi connectivity index (χ0) is 16.7. The first-order chi connectivity index (χ1) is 11.1. The molecule has 1 aliphatic heterocycles. The molecule has 0 bridgehead atoms. The summed E-state index contributed by atoms with van der Waals surface area (Å²) in [6, 6.07) is 8.90. The molecular formula is C17H22N2O4. The zero-order valence-corrected chi connectivity index (χ0v) is 13.3. The van der Waals surface area contributed by atoms with Crippen LogP contribution in [0.1, 0.15) is 29.6 Å². The number of nitrogens with one attached hydrogen (secondary N) is 1. The van der Waals surface area contributed by atoms with Crippen molar-refractivity contribution >= 4 is 17.8 Å². The van der Waals surface area contributed by atoms with Crippen molar-refractivity contribution in [2.24, 2.45) is 5.92 Å². The van der Waals surface area contributed by atoms with Crippen LogP contribution >= 0.6 is 0 Å². The lowest BCUT2D eigenvalue weighted by Gasteiger charge is -2.30. The van der Waals surface area contributed by atoms with Gasteiger partial charge in [-0.2, -0.15) is 0 Å². The number of likely N-dealkylation sites (tertiary alicyclic amines) is 1. The Morgan fingerprint density at radius 1 is 1.17 bits per heavy atom. The second-order valence-corrected chi connectivity index (χ2v) is 5.55. The molecule has 0 saturated carbocycles. The first-order valence-electron chi connectivity index (χ1n) is 7.80. The van der Waals surface area contributed by atoms with E-state index < -0.39 is 0 Å². The molecule has 0 aliphatic carbocycles. The predicted octanol–water partition coefficient (Wildman–Crippen LogP) is 1.22. The van der Waals surface area contributed by atoms with Crippen LogP contribution in [0.4, 0.5) is 0 Å². The van der Waals surface area contributed by atoms with Crippen LogP contribution in [0.2, 0.25) is 0 Å². The molecule has 1 fully saturated rings. The van der Waals surface area contributed by atoms with Gasteiger partial charge in [0.25, 0.3) is 5.91 Å². The molecule has 0 radical (unpaired) electrons. The zero-order valence-electron chi connectivity index (χ0n) is 13.3. The summed E-state index contributed by atoms with van der Waals surface area (Å²) in [6.45, 7) is 1.43. The quantitative estimate of drug-likeness (QED) is 0.828. The van der Waals surface area contributed by atoms with E-state index in [1.54, 1.807) is 29.2 Å². The van der Waals surface area contributed by atoms with Crippen LogP contribution in [0.5, 0.6) is 0 Å². The third-order valence-corrected chi connectivity index (χ3v) is 4.04. The maximum Gasteiger partial charge on any atom is 0.308 e. The lowest BCUT2D eigenvalue weighted by Crippen LogP contribution is -2.41. The molecule has 1 heterocycles. The van der Waals surface area contributed by atoms with Gasteiger partial charge in [0, 0.05) is 31.6 Å². The molecule has 6 nitrogen and oxygen atoms in total. The molecule has 1 aromatic rings. The number of hydrogen-bond acceptors (Lipinski definition) is 4. The van der Waals surface area contributed by atoms with E-state index in [0.717, 1.165) is 0 Å². The highest BCUT2D eigenvalue weighted by atomic mass is 16.5. The van der Waals surface area contributed by atoms with Crippen molar-refractivity contribution in [1.29, 1.82) is 0 Å². The van der Waals surface area contributed by atoms with Gasteiger partial charge in [0.15, 0.2) is 0 Å². The third-order valence-electron chi connectivity index (χ3n) is 4.04. The Morgan fingerprint density at radius 2 is 1.83 bits per heavy atom. The smallest absolute Gasteiger partial charge is 0.308 e. The molecule has 1 aromatic carbocycles. The number of carbonyl (C=O) groups is 3. The molecular weight excluding hydrogens is 296 g/mol. The van der Waals surface area contributed by atoms with Crippen molar-refractivity contribution in [3.63, 3.8) is 0 Å². The Morgan fingerprint density at radius 3 is 2.43 bits per heavy atom. The summed E-state index contributed by atoms with van der Waals surface area (Å²) in [5.41, 5.74) is 0.582. The number of rotatable bonds is 5. The van der Waals surface area contributed by atoms with E-state index in [0.29, 0.717) is 38.0 Å². The molecule has 1 aliphatic rings. The minimum atomic E-state index is -0.202. The van der Waals surface area contributed by atoms with Gasteiger partial charge in [0.05, 0.1) is 13.0 Å². The Bertz CT molecular complexity index is 551. The van der Waals surface area contributed by atoms with E-state index in [1.807, 2.05) is 6.07 Å². The molecule has 0 aromatic heterocycles. The van der Waals surface area contributed by atoms with Gasteiger partial charge >= 0.3 is 5.97 Å². The molecule has 23 heavy (non-hydrogen) atoms. The van der Waals surface area contributed by atoms with Gasteiger partial charge in [-0.25, -0.2) is 0 Å². The van der Waals surface area contributed by atoms with E-state index in [2.05, 4.69) is 5.32 Å². The highest BCUT2D eigenvalue weighted by Gasteiger charge is 2.27. The number of hydrogen-bond donors (Lipinski definition) is 1. The van der Waals surface area contributed by atoms with E-state index in [-0.39, 0.29) is 30.1 Å². The van der Waals surface area contributed by atoms with Gasteiger partial charge in [-0.1, -0.05) is 18.2 Å². The number of nitrogens with zero attached hydrogens (tertiary/aromatic N) is 1. The fraction of sp³-hybridized carbons (Fsp3) is 0.471. The van der Waals surface area contributed by atoms with Gasteiger partial charge in [-0.05, 0) is 25.0 Å². The van der Waals surface area contributed by atoms with Crippen LogP contribution in [0.3, 0.4) is 0 Å². The van der Waals surface area contributed by atoms with Crippen LogP contribution in [-0.2, 0) is 14.3 Å². The molecule has 1 N–H and O–H groups in total. The van der Waals surface area contributed by atoms with Crippen molar-refractivity contribution in [2.45, 2.75) is 19.3 Å². The number of amides is 2. The topological polar surface area (TPSA) is 75.7 Å². The van der Waals surface area contributed by atoms with E-state index in [4.69, 9.17) is 4.74 Å². The maximum atomic E-state index is 12.1. The van der Waals surface area contributed by atoms with Crippen LogP contribution in [0.15, 0.2) is 30.3 Å². The van der Waals surface area contributed by atoms with Gasteiger partial charge in [0.2, 0.25) is 5.91 Å². The summed E-state index contributed by atoms with van der Waals surface area (Å²) in [5, 5.41) is 2.74. The van der Waals surface area contributed by atoms with Crippen molar-refractivity contribution in [2.75, 3.05) is 26.7 Å². The number of carbonyl (C=O) groups excluding carboxylic acids is 3. The number of piperidine rings is 1. The molecule has 0 unspecified atom stereocenters. The number of methoxy groups -OCH3 is 1. The summed E-state index contributed by atoms with van der Waals surface area (Å²) < 4.78 is 4.73. The van der Waals surface area contributed by atoms with Crippen molar-refractivity contribution in [1.82, 2.24) is 10.2 Å². The van der Waals surface area contributed by atoms with Crippen LogP contribution in [0.25, 0.3) is 0 Å². The van der Waals surface area contributed by atoms with Crippen molar-refractivity contribution in [3.05, 3.63) is 35.9 Å². The summed E-state index contributed by atoms with van der Waals surface area (Å²) in [6.07, 6.45) is 1.53. The monoisotopic (exact) mass is 318 g/mol. The molecule has 124 valence electrons. The Hall–Kier alpha value is -2.37. The van der Waals surface area contributed by atoms with Crippen LogP contribution in [-0.4, -0.2) is 49.4 Å². The summed E-state index contributed by atoms with van der Waals surface area (Å²) >= 11 is 0. The maximum absolute atomic E-state index is 12.1. The predicted molar refractivity (Wildman–Crippen MR) is 84.7 cm³/mol. The fourth-order valence-corrected chi connectivity index (χ4v) is 2.66. The minimum absolute atomic E-state index is 0.00155. The summed E-state index contributed by atoms with van der Waals surface area (Å²) in [7, 11) is 1.38. The second-order valence-electron chi connectivity index (χ2n) is 5.55. The van der Waals surface area contributed by atoms with E-state index >= 15 is 0 Å².